The van der Waals surface area contributed by atoms with Gasteiger partial charge in [-0.25, -0.2) is 4.98 Å². The average Bonchev–Trinajstić information content (AvgIpc) is 3.04. The Labute approximate surface area is 111 Å². The van der Waals surface area contributed by atoms with Crippen LogP contribution >= 0.6 is 0 Å². The van der Waals surface area contributed by atoms with Crippen molar-refractivity contribution >= 4 is 11.4 Å². The van der Waals surface area contributed by atoms with Gasteiger partial charge in [-0.2, -0.15) is 0 Å². The van der Waals surface area contributed by atoms with Crippen LogP contribution in [0.3, 0.4) is 0 Å². The number of fused-ring (bicyclic) bond motifs is 1. The van der Waals surface area contributed by atoms with Crippen molar-refractivity contribution in [2.75, 3.05) is 0 Å². The lowest BCUT2D eigenvalue weighted by Gasteiger charge is -1.98. The van der Waals surface area contributed by atoms with Gasteiger partial charge in [0.2, 0.25) is 0 Å². The summed E-state index contributed by atoms with van der Waals surface area (Å²) in [4.78, 5) is 16.1. The number of carbonyl (C=O) groups is 1. The maximum absolute atomic E-state index is 11.6. The molecule has 0 spiro atoms. The van der Waals surface area contributed by atoms with E-state index in [9.17, 15) is 4.79 Å². The molecule has 3 heterocycles. The van der Waals surface area contributed by atoms with Gasteiger partial charge in [-0.15, -0.1) is 0 Å². The molecular weight excluding hydrogens is 238 g/mol. The van der Waals surface area contributed by atoms with Crippen LogP contribution in [-0.2, 0) is 6.54 Å². The smallest absolute Gasteiger partial charge is 0.164 e. The van der Waals surface area contributed by atoms with Gasteiger partial charge in [0, 0.05) is 36.8 Å². The first kappa shape index (κ1) is 11.7. The fourth-order valence-electron chi connectivity index (χ4n) is 2.16. The highest BCUT2D eigenvalue weighted by Gasteiger charge is 2.06. The van der Waals surface area contributed by atoms with Crippen LogP contribution in [0.1, 0.15) is 29.4 Å². The van der Waals surface area contributed by atoms with Crippen LogP contribution in [0.15, 0.2) is 49.1 Å². The monoisotopic (exact) mass is 253 g/mol. The van der Waals surface area contributed by atoms with E-state index in [-0.39, 0.29) is 5.78 Å². The van der Waals surface area contributed by atoms with Crippen LogP contribution < -0.4 is 0 Å². The third-order valence-corrected chi connectivity index (χ3v) is 3.15. The second-order valence-electron chi connectivity index (χ2n) is 4.55. The Kier molecular flexibility index (Phi) is 2.91. The highest BCUT2D eigenvalue weighted by Crippen LogP contribution is 2.09. The van der Waals surface area contributed by atoms with Gasteiger partial charge in [-0.1, -0.05) is 13.0 Å². The number of rotatable bonds is 4. The van der Waals surface area contributed by atoms with E-state index < -0.39 is 0 Å². The van der Waals surface area contributed by atoms with Crippen LogP contribution in [0.5, 0.6) is 0 Å². The molecule has 0 aliphatic carbocycles. The third-order valence-electron chi connectivity index (χ3n) is 3.15. The molecule has 0 N–H and O–H groups in total. The molecule has 0 aliphatic rings. The largest absolute Gasteiger partial charge is 0.348 e. The van der Waals surface area contributed by atoms with Crippen molar-refractivity contribution in [2.45, 2.75) is 19.9 Å². The molecule has 0 saturated carbocycles. The molecule has 0 aromatic carbocycles. The van der Waals surface area contributed by atoms with E-state index in [1.165, 1.54) is 0 Å². The molecule has 19 heavy (non-hydrogen) atoms. The summed E-state index contributed by atoms with van der Waals surface area (Å²) in [6.45, 7) is 2.56. The van der Waals surface area contributed by atoms with Crippen LogP contribution in [0, 0.1) is 0 Å². The van der Waals surface area contributed by atoms with Crippen molar-refractivity contribution in [3.63, 3.8) is 0 Å². The Morgan fingerprint density at radius 3 is 2.89 bits per heavy atom. The van der Waals surface area contributed by atoms with E-state index >= 15 is 0 Å². The maximum Gasteiger partial charge on any atom is 0.164 e. The predicted octanol–water partition coefficient (Wildman–Crippen LogP) is 2.78. The summed E-state index contributed by atoms with van der Waals surface area (Å²) in [7, 11) is 0. The fraction of sp³-hybridized carbons (Fsp3) is 0.200. The standard InChI is InChI=1S/C15H15N3O/c1-2-14(19)12-6-8-17(9-12)10-13-11-18-7-4-3-5-15(18)16-13/h3-9,11H,2,10H2,1H3. The molecule has 0 unspecified atom stereocenters. The molecule has 0 radical (unpaired) electrons. The summed E-state index contributed by atoms with van der Waals surface area (Å²) in [5.74, 6) is 0.175. The maximum atomic E-state index is 11.6. The quantitative estimate of drug-likeness (QED) is 0.671. The molecule has 0 bridgehead atoms. The fourth-order valence-corrected chi connectivity index (χ4v) is 2.16. The number of aromatic nitrogens is 3. The van der Waals surface area contributed by atoms with Gasteiger partial charge in [0.05, 0.1) is 12.2 Å². The highest BCUT2D eigenvalue weighted by atomic mass is 16.1. The molecule has 0 saturated heterocycles. The SMILES string of the molecule is CCC(=O)c1ccn(Cc2cn3ccccc3n2)c1. The number of imidazole rings is 1. The van der Waals surface area contributed by atoms with Gasteiger partial charge in [0.25, 0.3) is 0 Å². The van der Waals surface area contributed by atoms with E-state index in [0.717, 1.165) is 16.9 Å². The van der Waals surface area contributed by atoms with Crippen LogP contribution in [-0.4, -0.2) is 19.7 Å². The van der Waals surface area contributed by atoms with Crippen molar-refractivity contribution in [3.8, 4) is 0 Å². The molecule has 96 valence electrons. The summed E-state index contributed by atoms with van der Waals surface area (Å²) < 4.78 is 3.99. The van der Waals surface area contributed by atoms with Gasteiger partial charge in [-0.3, -0.25) is 4.79 Å². The molecule has 3 rings (SSSR count). The molecule has 3 aromatic rings. The Morgan fingerprint density at radius 2 is 2.11 bits per heavy atom. The number of nitrogens with zero attached hydrogens (tertiary/aromatic N) is 3. The minimum atomic E-state index is 0.175. The molecule has 4 nitrogen and oxygen atoms in total. The minimum Gasteiger partial charge on any atom is -0.348 e. The van der Waals surface area contributed by atoms with Crippen molar-refractivity contribution in [2.24, 2.45) is 0 Å². The van der Waals surface area contributed by atoms with E-state index in [1.54, 1.807) is 0 Å². The number of pyridine rings is 1. The lowest BCUT2D eigenvalue weighted by atomic mass is 10.2. The third kappa shape index (κ3) is 2.29. The highest BCUT2D eigenvalue weighted by molar-refractivity contribution is 5.95. The number of carbonyl (C=O) groups excluding carboxylic acids is 1. The number of Topliss-reactive ketones (excluding diaryl/α,β-unsaturated/α-hetero) is 1. The van der Waals surface area contributed by atoms with Crippen molar-refractivity contribution < 1.29 is 4.79 Å². The first-order valence-corrected chi connectivity index (χ1v) is 6.38. The van der Waals surface area contributed by atoms with Crippen molar-refractivity contribution in [1.29, 1.82) is 0 Å². The first-order chi connectivity index (χ1) is 9.26. The molecular formula is C15H15N3O. The zero-order valence-electron chi connectivity index (χ0n) is 10.8. The van der Waals surface area contributed by atoms with Crippen LogP contribution in [0.4, 0.5) is 0 Å². The normalized spacial score (nSPS) is 11.0. The van der Waals surface area contributed by atoms with Crippen LogP contribution in [0.25, 0.3) is 5.65 Å². The first-order valence-electron chi connectivity index (χ1n) is 6.38. The summed E-state index contributed by atoms with van der Waals surface area (Å²) in [5, 5.41) is 0. The van der Waals surface area contributed by atoms with E-state index in [4.69, 9.17) is 0 Å². The van der Waals surface area contributed by atoms with Gasteiger partial charge in [0.15, 0.2) is 5.78 Å². The van der Waals surface area contributed by atoms with E-state index in [0.29, 0.717) is 13.0 Å². The van der Waals surface area contributed by atoms with E-state index in [1.807, 2.05) is 64.9 Å². The molecule has 3 aromatic heterocycles. The van der Waals surface area contributed by atoms with Crippen molar-refractivity contribution in [3.05, 3.63) is 60.3 Å². The summed E-state index contributed by atoms with van der Waals surface area (Å²) in [6, 6.07) is 7.79. The lowest BCUT2D eigenvalue weighted by molar-refractivity contribution is 0.0988. The predicted molar refractivity (Wildman–Crippen MR) is 73.3 cm³/mol. The lowest BCUT2D eigenvalue weighted by Crippen LogP contribution is -1.98. The second-order valence-corrected chi connectivity index (χ2v) is 4.55. The summed E-state index contributed by atoms with van der Waals surface area (Å²) in [5.41, 5.74) is 2.69. The number of hydrogen-bond acceptors (Lipinski definition) is 2. The molecule has 0 atom stereocenters. The molecule has 0 aliphatic heterocycles. The summed E-state index contributed by atoms with van der Waals surface area (Å²) >= 11 is 0. The zero-order chi connectivity index (χ0) is 13.2. The zero-order valence-corrected chi connectivity index (χ0v) is 10.8. The van der Waals surface area contributed by atoms with Crippen LogP contribution in [0.2, 0.25) is 0 Å². The van der Waals surface area contributed by atoms with Gasteiger partial charge >= 0.3 is 0 Å². The van der Waals surface area contributed by atoms with Gasteiger partial charge in [0.1, 0.15) is 5.65 Å². The van der Waals surface area contributed by atoms with Crippen molar-refractivity contribution in [1.82, 2.24) is 14.0 Å². The van der Waals surface area contributed by atoms with E-state index in [2.05, 4.69) is 4.98 Å². The summed E-state index contributed by atoms with van der Waals surface area (Å²) in [6.07, 6.45) is 8.34. The Morgan fingerprint density at radius 1 is 1.21 bits per heavy atom. The second kappa shape index (κ2) is 4.72. The molecule has 0 amide bonds. The Balaban J connectivity index is 1.84. The number of ketones is 1. The number of hydrogen-bond donors (Lipinski definition) is 0. The Bertz CT molecular complexity index is 691. The topological polar surface area (TPSA) is 39.3 Å². The average molecular weight is 253 g/mol. The Hall–Kier alpha value is -2.36. The van der Waals surface area contributed by atoms with Gasteiger partial charge < -0.3 is 8.97 Å². The minimum absolute atomic E-state index is 0.175. The molecule has 4 heteroatoms. The molecule has 0 fully saturated rings. The van der Waals surface area contributed by atoms with Gasteiger partial charge in [-0.05, 0) is 18.2 Å².